The largest absolute Gasteiger partial charge is 0.369 e. The minimum Gasteiger partial charge on any atom is -0.369 e. The lowest BCUT2D eigenvalue weighted by Gasteiger charge is -2.17. The first kappa shape index (κ1) is 15.1. The van der Waals surface area contributed by atoms with Gasteiger partial charge in [-0.05, 0) is 26.2 Å². The monoisotopic (exact) mass is 318 g/mol. The van der Waals surface area contributed by atoms with E-state index in [1.54, 1.807) is 11.3 Å². The second-order valence-corrected chi connectivity index (χ2v) is 6.75. The van der Waals surface area contributed by atoms with E-state index >= 15 is 0 Å². The van der Waals surface area contributed by atoms with Gasteiger partial charge in [0.2, 0.25) is 5.95 Å². The third-order valence-corrected chi connectivity index (χ3v) is 4.63. The van der Waals surface area contributed by atoms with Crippen LogP contribution in [0.4, 0.5) is 11.8 Å². The van der Waals surface area contributed by atoms with Gasteiger partial charge in [-0.1, -0.05) is 6.92 Å². The Kier molecular flexibility index (Phi) is 4.82. The molecule has 0 aliphatic carbocycles. The van der Waals surface area contributed by atoms with Crippen molar-refractivity contribution in [2.24, 2.45) is 0 Å². The zero-order chi connectivity index (χ0) is 15.4. The number of hydrogen-bond donors (Lipinski definition) is 1. The van der Waals surface area contributed by atoms with E-state index in [2.05, 4.69) is 37.3 Å². The minimum atomic E-state index is 0.814. The number of nitrogens with zero attached hydrogens (tertiary/aromatic N) is 5. The van der Waals surface area contributed by atoms with Crippen LogP contribution in [0.1, 0.15) is 35.5 Å². The van der Waals surface area contributed by atoms with Crippen LogP contribution in [0.15, 0.2) is 6.07 Å². The Hall–Kier alpha value is -1.76. The lowest BCUT2D eigenvalue weighted by molar-refractivity contribution is 0.869. The van der Waals surface area contributed by atoms with Crippen molar-refractivity contribution in [1.29, 1.82) is 0 Å². The summed E-state index contributed by atoms with van der Waals surface area (Å²) in [5.74, 6) is 1.78. The molecule has 0 radical (unpaired) electrons. The van der Waals surface area contributed by atoms with E-state index in [9.17, 15) is 0 Å². The van der Waals surface area contributed by atoms with Gasteiger partial charge in [0.15, 0.2) is 0 Å². The summed E-state index contributed by atoms with van der Waals surface area (Å²) < 4.78 is 0. The Labute approximate surface area is 135 Å². The number of anilines is 2. The third kappa shape index (κ3) is 3.71. The van der Waals surface area contributed by atoms with Crippen LogP contribution in [0, 0.1) is 6.92 Å². The van der Waals surface area contributed by atoms with E-state index in [1.807, 2.05) is 13.0 Å². The van der Waals surface area contributed by atoms with Crippen LogP contribution >= 0.6 is 11.3 Å². The van der Waals surface area contributed by atoms with Crippen molar-refractivity contribution in [2.45, 2.75) is 39.5 Å². The van der Waals surface area contributed by atoms with Gasteiger partial charge in [0.05, 0.1) is 0 Å². The molecule has 6 nitrogen and oxygen atoms in total. The highest BCUT2D eigenvalue weighted by atomic mass is 32.1. The van der Waals surface area contributed by atoms with Gasteiger partial charge in [-0.25, -0.2) is 4.98 Å². The molecule has 2 aromatic heterocycles. The number of nitrogens with one attached hydrogen (secondary N) is 1. The molecule has 1 N–H and O–H groups in total. The Bertz CT molecular complexity index is 620. The third-order valence-electron chi connectivity index (χ3n) is 3.73. The van der Waals surface area contributed by atoms with E-state index in [0.717, 1.165) is 60.0 Å². The molecule has 0 amide bonds. The molecule has 0 atom stereocenters. The van der Waals surface area contributed by atoms with Crippen molar-refractivity contribution in [3.63, 3.8) is 0 Å². The molecule has 1 aliphatic rings. The first-order valence-corrected chi connectivity index (χ1v) is 8.72. The molecule has 1 aliphatic heterocycles. The van der Waals surface area contributed by atoms with Crippen molar-refractivity contribution in [3.05, 3.63) is 21.8 Å². The zero-order valence-electron chi connectivity index (χ0n) is 13.2. The van der Waals surface area contributed by atoms with Gasteiger partial charge in [-0.3, -0.25) is 0 Å². The molecule has 0 saturated carbocycles. The molecule has 0 aromatic carbocycles. The topological polar surface area (TPSA) is 66.8 Å². The van der Waals surface area contributed by atoms with Crippen LogP contribution in [0.3, 0.4) is 0 Å². The van der Waals surface area contributed by atoms with Crippen molar-refractivity contribution >= 4 is 23.1 Å². The molecular formula is C15H22N6S. The van der Waals surface area contributed by atoms with E-state index in [1.165, 1.54) is 12.8 Å². The summed E-state index contributed by atoms with van der Waals surface area (Å²) in [6, 6.07) is 2.05. The van der Waals surface area contributed by atoms with Gasteiger partial charge in [0, 0.05) is 37.8 Å². The average molecular weight is 318 g/mol. The van der Waals surface area contributed by atoms with Crippen LogP contribution < -0.4 is 10.2 Å². The van der Waals surface area contributed by atoms with Crippen LogP contribution in [0.25, 0.3) is 0 Å². The maximum atomic E-state index is 4.67. The summed E-state index contributed by atoms with van der Waals surface area (Å²) in [7, 11) is 0. The highest BCUT2D eigenvalue weighted by molar-refractivity contribution is 7.11. The van der Waals surface area contributed by atoms with Crippen LogP contribution in [0.5, 0.6) is 0 Å². The molecule has 0 bridgehead atoms. The lowest BCUT2D eigenvalue weighted by Crippen LogP contribution is -2.21. The predicted molar refractivity (Wildman–Crippen MR) is 89.7 cm³/mol. The molecule has 22 heavy (non-hydrogen) atoms. The molecule has 1 saturated heterocycles. The maximum absolute atomic E-state index is 4.67. The number of aromatic nitrogens is 4. The molecule has 3 heterocycles. The summed E-state index contributed by atoms with van der Waals surface area (Å²) >= 11 is 1.65. The summed E-state index contributed by atoms with van der Waals surface area (Å²) in [6.07, 6.45) is 4.27. The lowest BCUT2D eigenvalue weighted by atomic mass is 10.3. The fraction of sp³-hybridized carbons (Fsp3) is 0.600. The molecule has 0 spiro atoms. The smallest absolute Gasteiger partial charge is 0.227 e. The average Bonchev–Trinajstić information content (AvgIpc) is 3.19. The Morgan fingerprint density at radius 2 is 2.05 bits per heavy atom. The molecule has 1 fully saturated rings. The van der Waals surface area contributed by atoms with E-state index in [4.69, 9.17) is 0 Å². The van der Waals surface area contributed by atoms with Gasteiger partial charge < -0.3 is 10.2 Å². The highest BCUT2D eigenvalue weighted by Crippen LogP contribution is 2.19. The fourth-order valence-corrected chi connectivity index (χ4v) is 3.26. The maximum Gasteiger partial charge on any atom is 0.227 e. The molecule has 3 rings (SSSR count). The first-order valence-electron chi connectivity index (χ1n) is 7.90. The second-order valence-electron chi connectivity index (χ2n) is 5.48. The Balaban J connectivity index is 1.65. The van der Waals surface area contributed by atoms with Gasteiger partial charge in [0.1, 0.15) is 15.8 Å². The molecule has 7 heteroatoms. The highest BCUT2D eigenvalue weighted by Gasteiger charge is 2.16. The summed E-state index contributed by atoms with van der Waals surface area (Å²) in [5.41, 5.74) is 1.09. The quantitative estimate of drug-likeness (QED) is 0.882. The number of rotatable bonds is 6. The molecular weight excluding hydrogens is 296 g/mol. The van der Waals surface area contributed by atoms with Crippen molar-refractivity contribution in [1.82, 2.24) is 20.2 Å². The second kappa shape index (κ2) is 7.00. The summed E-state index contributed by atoms with van der Waals surface area (Å²) in [5, 5.41) is 13.7. The van der Waals surface area contributed by atoms with Gasteiger partial charge >= 0.3 is 0 Å². The van der Waals surface area contributed by atoms with E-state index < -0.39 is 0 Å². The zero-order valence-corrected chi connectivity index (χ0v) is 14.0. The van der Waals surface area contributed by atoms with Crippen molar-refractivity contribution < 1.29 is 0 Å². The summed E-state index contributed by atoms with van der Waals surface area (Å²) in [4.78, 5) is 11.6. The van der Waals surface area contributed by atoms with Crippen molar-refractivity contribution in [3.8, 4) is 0 Å². The van der Waals surface area contributed by atoms with Crippen LogP contribution in [-0.4, -0.2) is 39.8 Å². The van der Waals surface area contributed by atoms with Gasteiger partial charge in [0.25, 0.3) is 0 Å². The van der Waals surface area contributed by atoms with Crippen LogP contribution in [0.2, 0.25) is 0 Å². The molecule has 2 aromatic rings. The minimum absolute atomic E-state index is 0.814. The van der Waals surface area contributed by atoms with E-state index in [0.29, 0.717) is 0 Å². The van der Waals surface area contributed by atoms with Crippen molar-refractivity contribution in [2.75, 3.05) is 29.9 Å². The standard InChI is InChI=1S/C15H22N6S/c1-3-12-10-13(16-7-6-14-20-19-11(2)22-14)18-15(17-12)21-8-4-5-9-21/h10H,3-9H2,1-2H3,(H,16,17,18). The van der Waals surface area contributed by atoms with Crippen LogP contribution in [-0.2, 0) is 12.8 Å². The number of aryl methyl sites for hydroxylation is 2. The summed E-state index contributed by atoms with van der Waals surface area (Å²) in [6.45, 7) is 7.06. The normalized spacial score (nSPS) is 14.5. The Morgan fingerprint density at radius 3 is 2.73 bits per heavy atom. The predicted octanol–water partition coefficient (Wildman–Crippen LogP) is 2.45. The fourth-order valence-electron chi connectivity index (χ4n) is 2.55. The SMILES string of the molecule is CCc1cc(NCCc2nnc(C)s2)nc(N2CCCC2)n1. The van der Waals surface area contributed by atoms with E-state index in [-0.39, 0.29) is 0 Å². The Morgan fingerprint density at radius 1 is 1.23 bits per heavy atom. The molecule has 118 valence electrons. The van der Waals surface area contributed by atoms with Gasteiger partial charge in [-0.15, -0.1) is 21.5 Å². The molecule has 0 unspecified atom stereocenters. The number of hydrogen-bond acceptors (Lipinski definition) is 7. The van der Waals surface area contributed by atoms with Gasteiger partial charge in [-0.2, -0.15) is 4.98 Å². The first-order chi connectivity index (χ1) is 10.7.